The number of hydrogen-bond acceptors (Lipinski definition) is 4. The molecule has 0 aliphatic heterocycles. The molecule has 0 saturated heterocycles. The van der Waals surface area contributed by atoms with Crippen LogP contribution in [0.5, 0.6) is 0 Å². The summed E-state index contributed by atoms with van der Waals surface area (Å²) in [6.45, 7) is 2.26. The predicted molar refractivity (Wildman–Crippen MR) is 104 cm³/mol. The number of aryl methyl sites for hydroxylation is 1. The maximum absolute atomic E-state index is 12.3. The summed E-state index contributed by atoms with van der Waals surface area (Å²) in [4.78, 5) is 16.7. The molecular formula is C20H19N3O3S. The summed E-state index contributed by atoms with van der Waals surface area (Å²) in [6, 6.07) is 18.1. The van der Waals surface area contributed by atoms with Gasteiger partial charge in [-0.15, -0.1) is 0 Å². The summed E-state index contributed by atoms with van der Waals surface area (Å²) in [5.74, 6) is -0.252. The van der Waals surface area contributed by atoms with Crippen LogP contribution >= 0.6 is 0 Å². The van der Waals surface area contributed by atoms with Crippen molar-refractivity contribution in [3.63, 3.8) is 0 Å². The lowest BCUT2D eigenvalue weighted by atomic mass is 10.2. The van der Waals surface area contributed by atoms with E-state index >= 15 is 0 Å². The average Bonchev–Trinajstić information content (AvgIpc) is 2.68. The highest BCUT2D eigenvalue weighted by Crippen LogP contribution is 2.16. The lowest BCUT2D eigenvalue weighted by Crippen LogP contribution is -2.23. The fourth-order valence-electron chi connectivity index (χ4n) is 2.47. The van der Waals surface area contributed by atoms with Gasteiger partial charge >= 0.3 is 0 Å². The Morgan fingerprint density at radius 1 is 0.963 bits per heavy atom. The van der Waals surface area contributed by atoms with E-state index in [1.165, 1.54) is 12.1 Å². The van der Waals surface area contributed by atoms with E-state index in [2.05, 4.69) is 15.0 Å². The molecule has 0 aliphatic rings. The number of pyridine rings is 1. The minimum atomic E-state index is -3.66. The third-order valence-electron chi connectivity index (χ3n) is 3.99. The molecule has 2 N–H and O–H groups in total. The molecule has 0 radical (unpaired) electrons. The maximum Gasteiger partial charge on any atom is 0.261 e. The van der Waals surface area contributed by atoms with Crippen LogP contribution in [0.2, 0.25) is 0 Å². The van der Waals surface area contributed by atoms with E-state index in [0.717, 1.165) is 11.3 Å². The zero-order valence-corrected chi connectivity index (χ0v) is 15.5. The largest absolute Gasteiger partial charge is 0.346 e. The molecule has 1 heterocycles. The van der Waals surface area contributed by atoms with Crippen molar-refractivity contribution in [1.29, 1.82) is 0 Å². The molecule has 3 aromatic rings. The first kappa shape index (κ1) is 18.6. The van der Waals surface area contributed by atoms with Gasteiger partial charge in [0.05, 0.1) is 17.1 Å². The molecule has 2 aromatic carbocycles. The number of sulfonamides is 1. The second kappa shape index (κ2) is 8.01. The Hall–Kier alpha value is -3.19. The summed E-state index contributed by atoms with van der Waals surface area (Å²) >= 11 is 0. The highest BCUT2D eigenvalue weighted by molar-refractivity contribution is 7.92. The number of aromatic nitrogens is 1. The molecule has 6 nitrogen and oxygen atoms in total. The first-order valence-corrected chi connectivity index (χ1v) is 9.81. The molecular weight excluding hydrogens is 362 g/mol. The van der Waals surface area contributed by atoms with E-state index in [9.17, 15) is 13.2 Å². The predicted octanol–water partition coefficient (Wildman–Crippen LogP) is 3.12. The molecule has 3 rings (SSSR count). The van der Waals surface area contributed by atoms with Gasteiger partial charge in [0.15, 0.2) is 0 Å². The van der Waals surface area contributed by atoms with Crippen molar-refractivity contribution in [2.75, 3.05) is 4.72 Å². The number of nitrogens with one attached hydrogen (secondary N) is 2. The van der Waals surface area contributed by atoms with Crippen molar-refractivity contribution in [3.8, 4) is 0 Å². The van der Waals surface area contributed by atoms with Crippen molar-refractivity contribution in [3.05, 3.63) is 89.7 Å². The van der Waals surface area contributed by atoms with Crippen LogP contribution in [0.3, 0.4) is 0 Å². The Labute approximate surface area is 158 Å². The SMILES string of the molecule is Cc1cccnc1CNC(=O)c1ccc(NS(=O)(=O)c2ccccc2)cc1. The van der Waals surface area contributed by atoms with Gasteiger partial charge in [0.1, 0.15) is 0 Å². The topological polar surface area (TPSA) is 88.2 Å². The summed E-state index contributed by atoms with van der Waals surface area (Å²) in [5, 5.41) is 2.81. The molecule has 0 fully saturated rings. The standard InChI is InChI=1S/C20H19N3O3S/c1-15-6-5-13-21-19(15)14-22-20(24)16-9-11-17(12-10-16)23-27(25,26)18-7-3-2-4-8-18/h2-13,23H,14H2,1H3,(H,22,24). The van der Waals surface area contributed by atoms with E-state index in [4.69, 9.17) is 0 Å². The van der Waals surface area contributed by atoms with Gasteiger partial charge in [0.2, 0.25) is 0 Å². The molecule has 138 valence electrons. The third-order valence-corrected chi connectivity index (χ3v) is 5.38. The van der Waals surface area contributed by atoms with Crippen molar-refractivity contribution >= 4 is 21.6 Å². The van der Waals surface area contributed by atoms with Crippen molar-refractivity contribution in [2.45, 2.75) is 18.4 Å². The van der Waals surface area contributed by atoms with Crippen LogP contribution in [0.15, 0.2) is 77.8 Å². The number of rotatable bonds is 6. The van der Waals surface area contributed by atoms with Gasteiger partial charge < -0.3 is 5.32 Å². The Kier molecular flexibility index (Phi) is 5.52. The summed E-state index contributed by atoms with van der Waals surface area (Å²) < 4.78 is 27.1. The minimum absolute atomic E-state index is 0.178. The van der Waals surface area contributed by atoms with E-state index in [-0.39, 0.29) is 10.8 Å². The lowest BCUT2D eigenvalue weighted by Gasteiger charge is -2.10. The number of hydrogen-bond donors (Lipinski definition) is 2. The molecule has 0 spiro atoms. The molecule has 0 bridgehead atoms. The summed E-state index contributed by atoms with van der Waals surface area (Å²) in [5.41, 5.74) is 2.63. The van der Waals surface area contributed by atoms with Gasteiger partial charge in [0, 0.05) is 17.4 Å². The second-order valence-corrected chi connectivity index (χ2v) is 7.63. The number of carbonyl (C=O) groups excluding carboxylic acids is 1. The molecule has 0 aliphatic carbocycles. The molecule has 27 heavy (non-hydrogen) atoms. The Bertz CT molecular complexity index is 1030. The number of nitrogens with zero attached hydrogens (tertiary/aromatic N) is 1. The highest BCUT2D eigenvalue weighted by atomic mass is 32.2. The lowest BCUT2D eigenvalue weighted by molar-refractivity contribution is 0.0950. The Morgan fingerprint density at radius 2 is 1.67 bits per heavy atom. The number of benzene rings is 2. The van der Waals surface area contributed by atoms with E-state index in [0.29, 0.717) is 17.8 Å². The summed E-state index contributed by atoms with van der Waals surface area (Å²) in [7, 11) is -3.66. The fraction of sp³-hybridized carbons (Fsp3) is 0.100. The molecule has 1 amide bonds. The van der Waals surface area contributed by atoms with Crippen molar-refractivity contribution < 1.29 is 13.2 Å². The van der Waals surface area contributed by atoms with Gasteiger partial charge in [-0.05, 0) is 55.0 Å². The zero-order chi connectivity index (χ0) is 19.3. The molecule has 7 heteroatoms. The zero-order valence-electron chi connectivity index (χ0n) is 14.7. The van der Waals surface area contributed by atoms with Crippen LogP contribution < -0.4 is 10.0 Å². The smallest absolute Gasteiger partial charge is 0.261 e. The van der Waals surface area contributed by atoms with Gasteiger partial charge in [-0.3, -0.25) is 14.5 Å². The first-order valence-electron chi connectivity index (χ1n) is 8.32. The van der Waals surface area contributed by atoms with Gasteiger partial charge in [-0.2, -0.15) is 0 Å². The van der Waals surface area contributed by atoms with Crippen LogP contribution in [0.1, 0.15) is 21.6 Å². The van der Waals surface area contributed by atoms with Gasteiger partial charge in [0.25, 0.3) is 15.9 Å². The Balaban J connectivity index is 1.65. The van der Waals surface area contributed by atoms with Crippen LogP contribution in [-0.2, 0) is 16.6 Å². The monoisotopic (exact) mass is 381 g/mol. The number of amides is 1. The maximum atomic E-state index is 12.3. The summed E-state index contributed by atoms with van der Waals surface area (Å²) in [6.07, 6.45) is 1.68. The van der Waals surface area contributed by atoms with E-state index < -0.39 is 10.0 Å². The molecule has 1 aromatic heterocycles. The molecule has 0 atom stereocenters. The van der Waals surface area contributed by atoms with Crippen LogP contribution in [0, 0.1) is 6.92 Å². The molecule has 0 saturated carbocycles. The third kappa shape index (κ3) is 4.71. The van der Waals surface area contributed by atoms with Crippen LogP contribution in [-0.4, -0.2) is 19.3 Å². The van der Waals surface area contributed by atoms with Crippen molar-refractivity contribution in [1.82, 2.24) is 10.3 Å². The van der Waals surface area contributed by atoms with Gasteiger partial charge in [-0.25, -0.2) is 8.42 Å². The number of anilines is 1. The quantitative estimate of drug-likeness (QED) is 0.687. The molecule has 0 unspecified atom stereocenters. The highest BCUT2D eigenvalue weighted by Gasteiger charge is 2.14. The number of carbonyl (C=O) groups is 1. The Morgan fingerprint density at radius 3 is 2.33 bits per heavy atom. The second-order valence-electron chi connectivity index (χ2n) is 5.95. The fourth-order valence-corrected chi connectivity index (χ4v) is 3.55. The minimum Gasteiger partial charge on any atom is -0.346 e. The van der Waals surface area contributed by atoms with E-state index in [1.807, 2.05) is 19.1 Å². The van der Waals surface area contributed by atoms with Crippen molar-refractivity contribution in [2.24, 2.45) is 0 Å². The van der Waals surface area contributed by atoms with Crippen LogP contribution in [0.4, 0.5) is 5.69 Å². The van der Waals surface area contributed by atoms with E-state index in [1.54, 1.807) is 48.7 Å². The van der Waals surface area contributed by atoms with Gasteiger partial charge in [-0.1, -0.05) is 24.3 Å². The average molecular weight is 381 g/mol. The first-order chi connectivity index (χ1) is 13.0. The normalized spacial score (nSPS) is 11.0. The van der Waals surface area contributed by atoms with Crippen LogP contribution in [0.25, 0.3) is 0 Å².